The number of benzene rings is 1. The number of esters is 1. The molecule has 0 unspecified atom stereocenters. The van der Waals surface area contributed by atoms with Gasteiger partial charge in [-0.25, -0.2) is 4.79 Å². The van der Waals surface area contributed by atoms with Gasteiger partial charge in [-0.05, 0) is 64.3 Å². The Hall–Kier alpha value is -2.53. The largest absolute Gasteiger partial charge is 0.493 e. The maximum Gasteiger partial charge on any atom is 0.343 e. The van der Waals surface area contributed by atoms with E-state index in [1.807, 2.05) is 0 Å². The van der Waals surface area contributed by atoms with Crippen molar-refractivity contribution in [3.05, 3.63) is 27.1 Å². The summed E-state index contributed by atoms with van der Waals surface area (Å²) in [5, 5.41) is -0.479. The van der Waals surface area contributed by atoms with Gasteiger partial charge in [0.25, 0.3) is 11.1 Å². The molecule has 1 aromatic carbocycles. The van der Waals surface area contributed by atoms with Gasteiger partial charge < -0.3 is 19.1 Å². The number of amides is 3. The molecule has 0 spiro atoms. The number of nitrogens with zero attached hydrogens (tertiary/aromatic N) is 2. The fraction of sp³-hybridized carbons (Fsp3) is 0.400. The third-order valence-corrected chi connectivity index (χ3v) is 6.23. The molecule has 1 aromatic rings. The van der Waals surface area contributed by atoms with Crippen molar-refractivity contribution in [2.75, 3.05) is 40.5 Å². The van der Waals surface area contributed by atoms with Crippen molar-refractivity contribution in [3.8, 4) is 11.5 Å². The normalized spacial score (nSPS) is 17.5. The molecular formula is C20H21BrN2O7S. The fourth-order valence-corrected chi connectivity index (χ4v) is 4.56. The van der Waals surface area contributed by atoms with E-state index in [2.05, 4.69) is 20.7 Å². The molecule has 2 heterocycles. The van der Waals surface area contributed by atoms with E-state index < -0.39 is 17.1 Å². The summed E-state index contributed by atoms with van der Waals surface area (Å²) in [7, 11) is 2.70. The third-order valence-electron chi connectivity index (χ3n) is 4.74. The lowest BCUT2D eigenvalue weighted by molar-refractivity contribution is -0.143. The number of carbonyl (C=O) groups excluding carboxylic acids is 4. The first kappa shape index (κ1) is 23.1. The van der Waals surface area contributed by atoms with E-state index in [-0.39, 0.29) is 24.0 Å². The number of imide groups is 1. The molecule has 31 heavy (non-hydrogen) atoms. The number of rotatable bonds is 7. The van der Waals surface area contributed by atoms with Gasteiger partial charge in [0, 0.05) is 13.1 Å². The summed E-state index contributed by atoms with van der Waals surface area (Å²) in [6.07, 6.45) is 3.41. The molecular weight excluding hydrogens is 492 g/mol. The van der Waals surface area contributed by atoms with Crippen molar-refractivity contribution in [2.45, 2.75) is 12.8 Å². The molecule has 0 saturated carbocycles. The van der Waals surface area contributed by atoms with Crippen LogP contribution in [0.25, 0.3) is 6.08 Å². The molecule has 3 rings (SSSR count). The van der Waals surface area contributed by atoms with Crippen LogP contribution in [-0.4, -0.2) is 73.3 Å². The van der Waals surface area contributed by atoms with Crippen LogP contribution in [0.15, 0.2) is 21.5 Å². The maximum absolute atomic E-state index is 12.7. The molecule has 0 N–H and O–H groups in total. The number of ether oxygens (including phenoxy) is 3. The van der Waals surface area contributed by atoms with Crippen LogP contribution in [-0.2, 0) is 19.1 Å². The summed E-state index contributed by atoms with van der Waals surface area (Å²) in [4.78, 5) is 51.5. The zero-order valence-corrected chi connectivity index (χ0v) is 19.4. The average Bonchev–Trinajstić information content (AvgIpc) is 3.37. The molecule has 2 aliphatic heterocycles. The Morgan fingerprint density at radius 1 is 1.19 bits per heavy atom. The van der Waals surface area contributed by atoms with E-state index in [1.165, 1.54) is 14.2 Å². The highest BCUT2D eigenvalue weighted by Gasteiger charge is 2.37. The first-order valence-corrected chi connectivity index (χ1v) is 11.0. The smallest absolute Gasteiger partial charge is 0.343 e. The van der Waals surface area contributed by atoms with Gasteiger partial charge in [-0.1, -0.05) is 0 Å². The van der Waals surface area contributed by atoms with Crippen molar-refractivity contribution >= 4 is 56.8 Å². The molecule has 9 nitrogen and oxygen atoms in total. The Kier molecular flexibility index (Phi) is 7.60. The highest BCUT2D eigenvalue weighted by molar-refractivity contribution is 9.10. The van der Waals surface area contributed by atoms with Gasteiger partial charge in [-0.15, -0.1) is 0 Å². The highest BCUT2D eigenvalue weighted by Crippen LogP contribution is 2.39. The Labute approximate surface area is 191 Å². The van der Waals surface area contributed by atoms with Crippen LogP contribution < -0.4 is 9.47 Å². The van der Waals surface area contributed by atoms with E-state index >= 15 is 0 Å². The number of hydrogen-bond acceptors (Lipinski definition) is 8. The summed E-state index contributed by atoms with van der Waals surface area (Å²) in [6, 6.07) is 3.28. The molecule has 2 fully saturated rings. The van der Waals surface area contributed by atoms with E-state index in [9.17, 15) is 19.2 Å². The Morgan fingerprint density at radius 2 is 1.90 bits per heavy atom. The summed E-state index contributed by atoms with van der Waals surface area (Å²) in [5.41, 5.74) is 0.575. The first-order chi connectivity index (χ1) is 14.8. The molecule has 2 saturated heterocycles. The van der Waals surface area contributed by atoms with Crippen LogP contribution in [0.1, 0.15) is 18.4 Å². The minimum atomic E-state index is -0.546. The minimum Gasteiger partial charge on any atom is -0.493 e. The van der Waals surface area contributed by atoms with Gasteiger partial charge in [0.05, 0.1) is 23.6 Å². The SMILES string of the molecule is COC(=O)COc1c(Br)cc(C=C2SC(=O)N(CC(=O)N3CCCC3)C2=O)cc1OC. The van der Waals surface area contributed by atoms with Gasteiger partial charge in [0.15, 0.2) is 18.1 Å². The zero-order chi connectivity index (χ0) is 22.5. The number of carbonyl (C=O) groups is 4. The molecule has 0 aliphatic carbocycles. The van der Waals surface area contributed by atoms with Crippen molar-refractivity contribution in [3.63, 3.8) is 0 Å². The average molecular weight is 513 g/mol. The summed E-state index contributed by atoms with van der Waals surface area (Å²) >= 11 is 4.14. The fourth-order valence-electron chi connectivity index (χ4n) is 3.14. The van der Waals surface area contributed by atoms with Gasteiger partial charge >= 0.3 is 5.97 Å². The van der Waals surface area contributed by atoms with Crippen molar-refractivity contribution in [1.82, 2.24) is 9.80 Å². The molecule has 0 radical (unpaired) electrons. The molecule has 11 heteroatoms. The van der Waals surface area contributed by atoms with Crippen molar-refractivity contribution in [2.24, 2.45) is 0 Å². The molecule has 0 aromatic heterocycles. The lowest BCUT2D eigenvalue weighted by atomic mass is 10.2. The second kappa shape index (κ2) is 10.2. The molecule has 2 aliphatic rings. The summed E-state index contributed by atoms with van der Waals surface area (Å²) in [6.45, 7) is 0.760. The summed E-state index contributed by atoms with van der Waals surface area (Å²) in [5.74, 6) is -0.654. The maximum atomic E-state index is 12.7. The number of hydrogen-bond donors (Lipinski definition) is 0. The topological polar surface area (TPSA) is 102 Å². The Morgan fingerprint density at radius 3 is 2.55 bits per heavy atom. The lowest BCUT2D eigenvalue weighted by Gasteiger charge is -2.18. The lowest BCUT2D eigenvalue weighted by Crippen LogP contribution is -2.40. The number of halogens is 1. The second-order valence-electron chi connectivity index (χ2n) is 6.75. The summed E-state index contributed by atoms with van der Waals surface area (Å²) < 4.78 is 15.8. The standard InChI is InChI=1S/C20H21BrN2O7S/c1-28-14-8-12(7-13(21)18(14)30-11-17(25)29-2)9-15-19(26)23(20(27)31-15)10-16(24)22-5-3-4-6-22/h7-9H,3-6,10-11H2,1-2H3. The second-order valence-corrected chi connectivity index (χ2v) is 8.60. The van der Waals surface area contributed by atoms with Crippen LogP contribution in [0.4, 0.5) is 4.79 Å². The molecule has 3 amide bonds. The number of methoxy groups -OCH3 is 2. The molecule has 166 valence electrons. The molecule has 0 bridgehead atoms. The van der Waals surface area contributed by atoms with Crippen molar-refractivity contribution in [1.29, 1.82) is 0 Å². The van der Waals surface area contributed by atoms with E-state index in [0.29, 0.717) is 34.6 Å². The van der Waals surface area contributed by atoms with Gasteiger partial charge in [0.1, 0.15) is 6.54 Å². The van der Waals surface area contributed by atoms with Crippen LogP contribution in [0.5, 0.6) is 11.5 Å². The highest BCUT2D eigenvalue weighted by atomic mass is 79.9. The van der Waals surface area contributed by atoms with Crippen molar-refractivity contribution < 1.29 is 33.4 Å². The van der Waals surface area contributed by atoms with Crippen LogP contribution in [0.2, 0.25) is 0 Å². The predicted molar refractivity (Wildman–Crippen MR) is 117 cm³/mol. The molecule has 0 atom stereocenters. The van der Waals surface area contributed by atoms with Crippen LogP contribution in [0, 0.1) is 0 Å². The van der Waals surface area contributed by atoms with Gasteiger partial charge in [-0.2, -0.15) is 0 Å². The van der Waals surface area contributed by atoms with E-state index in [0.717, 1.165) is 29.5 Å². The van der Waals surface area contributed by atoms with Gasteiger partial charge in [0.2, 0.25) is 5.91 Å². The van der Waals surface area contributed by atoms with E-state index in [1.54, 1.807) is 23.1 Å². The number of thioether (sulfide) groups is 1. The third kappa shape index (κ3) is 5.40. The monoisotopic (exact) mass is 512 g/mol. The number of likely N-dealkylation sites (tertiary alicyclic amines) is 1. The predicted octanol–water partition coefficient (Wildman–Crippen LogP) is 2.67. The Bertz CT molecular complexity index is 944. The first-order valence-electron chi connectivity index (χ1n) is 9.44. The van der Waals surface area contributed by atoms with E-state index in [4.69, 9.17) is 9.47 Å². The zero-order valence-electron chi connectivity index (χ0n) is 17.0. The minimum absolute atomic E-state index is 0.205. The van der Waals surface area contributed by atoms with Crippen LogP contribution in [0.3, 0.4) is 0 Å². The quantitative estimate of drug-likeness (QED) is 0.405. The van der Waals surface area contributed by atoms with Crippen LogP contribution >= 0.6 is 27.7 Å². The Balaban J connectivity index is 1.77. The van der Waals surface area contributed by atoms with Gasteiger partial charge in [-0.3, -0.25) is 19.3 Å².